The number of aromatic nitrogens is 4. The van der Waals surface area contributed by atoms with Crippen molar-refractivity contribution in [2.45, 2.75) is 19.9 Å². The van der Waals surface area contributed by atoms with Gasteiger partial charge in [0.25, 0.3) is 0 Å². The van der Waals surface area contributed by atoms with Crippen molar-refractivity contribution in [3.63, 3.8) is 0 Å². The van der Waals surface area contributed by atoms with E-state index in [9.17, 15) is 4.39 Å². The third-order valence-corrected chi connectivity index (χ3v) is 4.86. The predicted octanol–water partition coefficient (Wildman–Crippen LogP) is 4.96. The van der Waals surface area contributed by atoms with Gasteiger partial charge in [-0.25, -0.2) is 9.37 Å². The molecule has 1 N–H and O–H groups in total. The van der Waals surface area contributed by atoms with E-state index in [1.54, 1.807) is 25.6 Å². The number of hydrogen-bond acceptors (Lipinski definition) is 5. The van der Waals surface area contributed by atoms with Gasteiger partial charge in [0.15, 0.2) is 0 Å². The second-order valence-electron chi connectivity index (χ2n) is 7.03. The SMILES string of the molecule is COc1cc(-c2ccc(N[C@H](C)c3ccc(F)cc3)nn2)ccc1-n1cnc(C)c1. The second kappa shape index (κ2) is 8.32. The van der Waals surface area contributed by atoms with E-state index in [2.05, 4.69) is 20.5 Å². The molecule has 0 aliphatic heterocycles. The normalized spacial score (nSPS) is 11.9. The first-order valence-corrected chi connectivity index (χ1v) is 9.58. The molecule has 0 radical (unpaired) electrons. The number of benzene rings is 2. The Hall–Kier alpha value is -3.74. The molecule has 6 nitrogen and oxygen atoms in total. The Morgan fingerprint density at radius 2 is 1.83 bits per heavy atom. The molecular weight excluding hydrogens is 381 g/mol. The van der Waals surface area contributed by atoms with Crippen LogP contribution in [0.5, 0.6) is 5.75 Å². The molecule has 0 saturated carbocycles. The largest absolute Gasteiger partial charge is 0.495 e. The van der Waals surface area contributed by atoms with Crippen LogP contribution in [-0.2, 0) is 0 Å². The first kappa shape index (κ1) is 19.6. The first-order valence-electron chi connectivity index (χ1n) is 9.58. The highest BCUT2D eigenvalue weighted by Gasteiger charge is 2.11. The summed E-state index contributed by atoms with van der Waals surface area (Å²) in [5.74, 6) is 1.12. The van der Waals surface area contributed by atoms with E-state index in [4.69, 9.17) is 4.74 Å². The van der Waals surface area contributed by atoms with Crippen molar-refractivity contribution in [1.82, 2.24) is 19.7 Å². The van der Waals surface area contributed by atoms with Gasteiger partial charge in [0.05, 0.1) is 36.6 Å². The van der Waals surface area contributed by atoms with Crippen molar-refractivity contribution >= 4 is 5.82 Å². The van der Waals surface area contributed by atoms with Gasteiger partial charge in [0.2, 0.25) is 0 Å². The zero-order valence-corrected chi connectivity index (χ0v) is 17.0. The Balaban J connectivity index is 1.53. The lowest BCUT2D eigenvalue weighted by Gasteiger charge is -2.15. The minimum Gasteiger partial charge on any atom is -0.495 e. The summed E-state index contributed by atoms with van der Waals surface area (Å²) in [7, 11) is 1.64. The smallest absolute Gasteiger partial charge is 0.149 e. The van der Waals surface area contributed by atoms with Crippen LogP contribution in [0.2, 0.25) is 0 Å². The number of ether oxygens (including phenoxy) is 1. The van der Waals surface area contributed by atoms with Gasteiger partial charge in [-0.3, -0.25) is 0 Å². The third-order valence-electron chi connectivity index (χ3n) is 4.86. The topological polar surface area (TPSA) is 64.9 Å². The van der Waals surface area contributed by atoms with Crippen LogP contribution in [0.3, 0.4) is 0 Å². The Labute approximate surface area is 174 Å². The van der Waals surface area contributed by atoms with E-state index in [1.807, 2.05) is 54.9 Å². The molecule has 2 aromatic carbocycles. The summed E-state index contributed by atoms with van der Waals surface area (Å²) in [5.41, 5.74) is 4.45. The molecule has 0 unspecified atom stereocenters. The zero-order chi connectivity index (χ0) is 21.1. The monoisotopic (exact) mass is 403 g/mol. The number of hydrogen-bond donors (Lipinski definition) is 1. The lowest BCUT2D eigenvalue weighted by molar-refractivity contribution is 0.413. The highest BCUT2D eigenvalue weighted by molar-refractivity contribution is 5.65. The van der Waals surface area contributed by atoms with Gasteiger partial charge in [-0.05, 0) is 55.8 Å². The summed E-state index contributed by atoms with van der Waals surface area (Å²) < 4.78 is 20.6. The number of nitrogens with zero attached hydrogens (tertiary/aromatic N) is 4. The molecule has 7 heteroatoms. The molecule has 0 spiro atoms. The standard InChI is InChI=1S/C23H22FN5O/c1-15-13-29(14-25-15)21-10-6-18(12-22(21)30-3)20-9-11-23(28-27-20)26-16(2)17-4-7-19(24)8-5-17/h4-14,16H,1-3H3,(H,26,28)/t16-/m1/s1. The van der Waals surface area contributed by atoms with Gasteiger partial charge in [0.1, 0.15) is 17.4 Å². The Morgan fingerprint density at radius 3 is 2.47 bits per heavy atom. The first-order chi connectivity index (χ1) is 14.5. The Kier molecular flexibility index (Phi) is 5.43. The number of halogens is 1. The van der Waals surface area contributed by atoms with E-state index < -0.39 is 0 Å². The Bertz CT molecular complexity index is 1140. The number of anilines is 1. The van der Waals surface area contributed by atoms with Gasteiger partial charge in [0, 0.05) is 11.8 Å². The van der Waals surface area contributed by atoms with E-state index >= 15 is 0 Å². The number of aryl methyl sites for hydroxylation is 1. The average Bonchev–Trinajstić information content (AvgIpc) is 3.20. The van der Waals surface area contributed by atoms with Crippen molar-refractivity contribution in [3.05, 3.63) is 84.2 Å². The summed E-state index contributed by atoms with van der Waals surface area (Å²) in [5, 5.41) is 11.9. The van der Waals surface area contributed by atoms with Crippen LogP contribution in [0.1, 0.15) is 24.2 Å². The summed E-state index contributed by atoms with van der Waals surface area (Å²) >= 11 is 0. The summed E-state index contributed by atoms with van der Waals surface area (Å²) in [6.07, 6.45) is 3.70. The van der Waals surface area contributed by atoms with Crippen molar-refractivity contribution in [3.8, 4) is 22.7 Å². The molecule has 0 fully saturated rings. The molecule has 1 atom stereocenters. The molecule has 0 bridgehead atoms. The summed E-state index contributed by atoms with van der Waals surface area (Å²) in [6, 6.07) is 16.0. The van der Waals surface area contributed by atoms with Gasteiger partial charge in [-0.1, -0.05) is 18.2 Å². The highest BCUT2D eigenvalue weighted by Crippen LogP contribution is 2.29. The molecule has 152 valence electrons. The molecule has 4 aromatic rings. The molecule has 0 amide bonds. The molecule has 0 aliphatic carbocycles. The van der Waals surface area contributed by atoms with Gasteiger partial charge < -0.3 is 14.6 Å². The van der Waals surface area contributed by atoms with Crippen LogP contribution >= 0.6 is 0 Å². The predicted molar refractivity (Wildman–Crippen MR) is 114 cm³/mol. The van der Waals surface area contributed by atoms with Gasteiger partial charge in [-0.15, -0.1) is 10.2 Å². The van der Waals surface area contributed by atoms with Crippen LogP contribution in [-0.4, -0.2) is 26.9 Å². The minimum absolute atomic E-state index is 0.0243. The van der Waals surface area contributed by atoms with Crippen LogP contribution in [0.4, 0.5) is 10.2 Å². The highest BCUT2D eigenvalue weighted by atomic mass is 19.1. The van der Waals surface area contributed by atoms with Crippen molar-refractivity contribution in [2.75, 3.05) is 12.4 Å². The quantitative estimate of drug-likeness (QED) is 0.493. The number of nitrogens with one attached hydrogen (secondary N) is 1. The molecule has 0 aliphatic rings. The van der Waals surface area contributed by atoms with Crippen LogP contribution < -0.4 is 10.1 Å². The average molecular weight is 403 g/mol. The maximum absolute atomic E-state index is 13.1. The van der Waals surface area contributed by atoms with E-state index in [-0.39, 0.29) is 11.9 Å². The molecule has 4 rings (SSSR count). The maximum Gasteiger partial charge on any atom is 0.149 e. The molecule has 2 heterocycles. The van der Waals surface area contributed by atoms with Gasteiger partial charge >= 0.3 is 0 Å². The summed E-state index contributed by atoms with van der Waals surface area (Å²) in [6.45, 7) is 3.93. The van der Waals surface area contributed by atoms with Crippen molar-refractivity contribution in [1.29, 1.82) is 0 Å². The van der Waals surface area contributed by atoms with Gasteiger partial charge in [-0.2, -0.15) is 0 Å². The number of rotatable bonds is 6. The van der Waals surface area contributed by atoms with E-state index in [0.717, 1.165) is 34.0 Å². The Morgan fingerprint density at radius 1 is 1.03 bits per heavy atom. The fraction of sp³-hybridized carbons (Fsp3) is 0.174. The summed E-state index contributed by atoms with van der Waals surface area (Å²) in [4.78, 5) is 4.27. The molecular formula is C23H22FN5O. The maximum atomic E-state index is 13.1. The van der Waals surface area contributed by atoms with Crippen LogP contribution in [0.15, 0.2) is 67.1 Å². The van der Waals surface area contributed by atoms with E-state index in [1.165, 1.54) is 12.1 Å². The third kappa shape index (κ3) is 4.15. The van der Waals surface area contributed by atoms with Crippen LogP contribution in [0, 0.1) is 12.7 Å². The molecule has 0 saturated heterocycles. The minimum atomic E-state index is -0.250. The lowest BCUT2D eigenvalue weighted by Crippen LogP contribution is -2.08. The number of methoxy groups -OCH3 is 1. The lowest BCUT2D eigenvalue weighted by atomic mass is 10.1. The van der Waals surface area contributed by atoms with Crippen molar-refractivity contribution in [2.24, 2.45) is 0 Å². The second-order valence-corrected chi connectivity index (χ2v) is 7.03. The molecule has 30 heavy (non-hydrogen) atoms. The number of imidazole rings is 1. The zero-order valence-electron chi connectivity index (χ0n) is 17.0. The van der Waals surface area contributed by atoms with E-state index in [0.29, 0.717) is 5.82 Å². The fourth-order valence-corrected chi connectivity index (χ4v) is 3.22. The fourth-order valence-electron chi connectivity index (χ4n) is 3.22. The van der Waals surface area contributed by atoms with Crippen LogP contribution in [0.25, 0.3) is 16.9 Å². The molecule has 2 aromatic heterocycles. The van der Waals surface area contributed by atoms with Crippen molar-refractivity contribution < 1.29 is 9.13 Å².